The van der Waals surface area contributed by atoms with Gasteiger partial charge in [0.1, 0.15) is 0 Å². The molecule has 0 aromatic carbocycles. The van der Waals surface area contributed by atoms with E-state index < -0.39 is 28.5 Å². The van der Waals surface area contributed by atoms with Crippen LogP contribution < -0.4 is 0 Å². The maximum Gasteiger partial charge on any atom is 0.365 e. The number of nitrogens with zero attached hydrogens (tertiary/aromatic N) is 2. The minimum atomic E-state index is -4.60. The van der Waals surface area contributed by atoms with Crippen LogP contribution in [0.2, 0.25) is 0 Å². The SMILES string of the molecule is CC(=O)c1ncc(CO)n1S(=O)(=O)O. The van der Waals surface area contributed by atoms with E-state index in [0.29, 0.717) is 3.97 Å². The predicted octanol–water partition coefficient (Wildman–Crippen LogP) is -0.771. The van der Waals surface area contributed by atoms with Gasteiger partial charge >= 0.3 is 10.3 Å². The standard InChI is InChI=1S/C6H8N2O5S/c1-4(10)6-7-2-5(3-9)8(6)14(11,12)13/h2,9H,3H2,1H3,(H,11,12,13). The highest BCUT2D eigenvalue weighted by molar-refractivity contribution is 7.84. The molecule has 8 heteroatoms. The van der Waals surface area contributed by atoms with Crippen LogP contribution in [0.5, 0.6) is 0 Å². The molecule has 0 aliphatic heterocycles. The van der Waals surface area contributed by atoms with E-state index in [2.05, 4.69) is 4.98 Å². The van der Waals surface area contributed by atoms with Gasteiger partial charge in [0.2, 0.25) is 0 Å². The lowest BCUT2D eigenvalue weighted by Gasteiger charge is -2.03. The molecule has 0 aliphatic rings. The van der Waals surface area contributed by atoms with Gasteiger partial charge in [0.25, 0.3) is 0 Å². The third-order valence-electron chi connectivity index (χ3n) is 1.50. The van der Waals surface area contributed by atoms with Gasteiger partial charge in [-0.1, -0.05) is 0 Å². The molecule has 14 heavy (non-hydrogen) atoms. The van der Waals surface area contributed by atoms with Crippen LogP contribution >= 0.6 is 0 Å². The van der Waals surface area contributed by atoms with Crippen LogP contribution in [0.15, 0.2) is 6.20 Å². The third kappa shape index (κ3) is 1.81. The summed E-state index contributed by atoms with van der Waals surface area (Å²) in [6.45, 7) is 0.464. The quantitative estimate of drug-likeness (QED) is 0.511. The Morgan fingerprint density at radius 2 is 2.21 bits per heavy atom. The second-order valence-corrected chi connectivity index (χ2v) is 3.79. The number of rotatable bonds is 3. The molecular weight excluding hydrogens is 212 g/mol. The maximum atomic E-state index is 10.9. The van der Waals surface area contributed by atoms with Crippen LogP contribution in [0, 0.1) is 0 Å². The molecule has 0 bridgehead atoms. The summed E-state index contributed by atoms with van der Waals surface area (Å²) in [5.41, 5.74) is -0.169. The van der Waals surface area contributed by atoms with E-state index in [4.69, 9.17) is 9.66 Å². The molecule has 0 aliphatic carbocycles. The van der Waals surface area contributed by atoms with Crippen molar-refractivity contribution < 1.29 is 22.9 Å². The second kappa shape index (κ2) is 3.48. The monoisotopic (exact) mass is 220 g/mol. The number of aliphatic hydroxyl groups is 1. The number of hydrogen-bond acceptors (Lipinski definition) is 5. The number of hydrogen-bond donors (Lipinski definition) is 2. The predicted molar refractivity (Wildman–Crippen MR) is 45.1 cm³/mol. The number of imidazole rings is 1. The average molecular weight is 220 g/mol. The molecule has 1 rings (SSSR count). The van der Waals surface area contributed by atoms with Crippen LogP contribution in [-0.4, -0.2) is 32.8 Å². The first-order chi connectivity index (χ1) is 6.38. The van der Waals surface area contributed by atoms with E-state index in [0.717, 1.165) is 13.1 Å². The lowest BCUT2D eigenvalue weighted by molar-refractivity contribution is 0.100. The second-order valence-electron chi connectivity index (χ2n) is 2.53. The van der Waals surface area contributed by atoms with Gasteiger partial charge in [-0.05, 0) is 0 Å². The van der Waals surface area contributed by atoms with E-state index >= 15 is 0 Å². The summed E-state index contributed by atoms with van der Waals surface area (Å²) in [5.74, 6) is -1.06. The number of ketones is 1. The van der Waals surface area contributed by atoms with Crippen LogP contribution in [0.1, 0.15) is 23.2 Å². The Labute approximate surface area is 79.9 Å². The summed E-state index contributed by atoms with van der Waals surface area (Å²) in [5, 5.41) is 8.73. The minimum absolute atomic E-state index is 0.169. The van der Waals surface area contributed by atoms with Gasteiger partial charge < -0.3 is 5.11 Å². The van der Waals surface area contributed by atoms with Crippen molar-refractivity contribution in [2.75, 3.05) is 0 Å². The molecular formula is C6H8N2O5S. The molecule has 1 heterocycles. The van der Waals surface area contributed by atoms with Crippen molar-refractivity contribution in [3.8, 4) is 0 Å². The zero-order valence-corrected chi connectivity index (χ0v) is 8.02. The van der Waals surface area contributed by atoms with Crippen molar-refractivity contribution in [3.05, 3.63) is 17.7 Å². The number of aliphatic hydroxyl groups excluding tert-OH is 1. The lowest BCUT2D eigenvalue weighted by atomic mass is 10.4. The molecule has 0 saturated heterocycles. The van der Waals surface area contributed by atoms with Crippen LogP contribution in [0.4, 0.5) is 0 Å². The fraction of sp³-hybridized carbons (Fsp3) is 0.333. The summed E-state index contributed by atoms with van der Waals surface area (Å²) in [6.07, 6.45) is 1.00. The molecule has 0 atom stereocenters. The van der Waals surface area contributed by atoms with Gasteiger partial charge in [0.15, 0.2) is 11.6 Å². The minimum Gasteiger partial charge on any atom is -0.390 e. The molecule has 0 saturated carbocycles. The van der Waals surface area contributed by atoms with Crippen molar-refractivity contribution >= 4 is 16.1 Å². The maximum absolute atomic E-state index is 10.9. The molecule has 0 unspecified atom stereocenters. The fourth-order valence-electron chi connectivity index (χ4n) is 0.973. The highest BCUT2D eigenvalue weighted by atomic mass is 32.2. The van der Waals surface area contributed by atoms with E-state index in [-0.39, 0.29) is 5.69 Å². The van der Waals surface area contributed by atoms with Crippen LogP contribution in [0.25, 0.3) is 0 Å². The van der Waals surface area contributed by atoms with Crippen molar-refractivity contribution in [2.45, 2.75) is 13.5 Å². The topological polar surface area (TPSA) is 109 Å². The summed E-state index contributed by atoms with van der Waals surface area (Å²) < 4.78 is 30.7. The van der Waals surface area contributed by atoms with Gasteiger partial charge in [-0.3, -0.25) is 9.35 Å². The Morgan fingerprint density at radius 3 is 2.57 bits per heavy atom. The van der Waals surface area contributed by atoms with Crippen LogP contribution in [0.3, 0.4) is 0 Å². The van der Waals surface area contributed by atoms with E-state index in [1.54, 1.807) is 0 Å². The number of Topliss-reactive ketones (excluding diaryl/α,β-unsaturated/α-hetero) is 1. The molecule has 0 radical (unpaired) electrons. The van der Waals surface area contributed by atoms with Crippen molar-refractivity contribution in [2.24, 2.45) is 0 Å². The normalized spacial score (nSPS) is 11.6. The average Bonchev–Trinajstić information content (AvgIpc) is 2.45. The van der Waals surface area contributed by atoms with Gasteiger partial charge in [0, 0.05) is 6.92 Å². The summed E-state index contributed by atoms with van der Waals surface area (Å²) in [6, 6.07) is 0. The largest absolute Gasteiger partial charge is 0.390 e. The molecule has 0 spiro atoms. The van der Waals surface area contributed by atoms with Gasteiger partial charge in [0.05, 0.1) is 18.5 Å². The fourth-order valence-corrected chi connectivity index (χ4v) is 1.77. The Hall–Kier alpha value is -1.25. The Balaban J connectivity index is 3.50. The van der Waals surface area contributed by atoms with E-state index in [1.807, 2.05) is 0 Å². The lowest BCUT2D eigenvalue weighted by Crippen LogP contribution is -2.19. The van der Waals surface area contributed by atoms with Crippen molar-refractivity contribution in [1.29, 1.82) is 0 Å². The molecule has 1 aromatic heterocycles. The van der Waals surface area contributed by atoms with E-state index in [9.17, 15) is 13.2 Å². The van der Waals surface area contributed by atoms with Gasteiger partial charge in [-0.25, -0.2) is 4.98 Å². The highest BCUT2D eigenvalue weighted by Gasteiger charge is 2.21. The summed E-state index contributed by atoms with van der Waals surface area (Å²) >= 11 is 0. The third-order valence-corrected chi connectivity index (χ3v) is 2.37. The van der Waals surface area contributed by atoms with Gasteiger partial charge in [-0.2, -0.15) is 12.4 Å². The van der Waals surface area contributed by atoms with Gasteiger partial charge in [-0.15, -0.1) is 0 Å². The molecule has 78 valence electrons. The Morgan fingerprint density at radius 1 is 1.64 bits per heavy atom. The first-order valence-corrected chi connectivity index (χ1v) is 4.94. The zero-order valence-electron chi connectivity index (χ0n) is 7.21. The Bertz CT molecular complexity index is 461. The first kappa shape index (κ1) is 10.8. The summed E-state index contributed by atoms with van der Waals surface area (Å²) in [7, 11) is -4.60. The highest BCUT2D eigenvalue weighted by Crippen LogP contribution is 2.09. The molecule has 7 nitrogen and oxygen atoms in total. The van der Waals surface area contributed by atoms with Crippen LogP contribution in [-0.2, 0) is 16.9 Å². The number of carbonyl (C=O) groups is 1. The van der Waals surface area contributed by atoms with E-state index in [1.165, 1.54) is 0 Å². The number of aromatic nitrogens is 2. The first-order valence-electron chi connectivity index (χ1n) is 3.54. The van der Waals surface area contributed by atoms with Crippen molar-refractivity contribution in [3.63, 3.8) is 0 Å². The Kier molecular flexibility index (Phi) is 2.69. The smallest absolute Gasteiger partial charge is 0.365 e. The number of carbonyl (C=O) groups excluding carboxylic acids is 1. The van der Waals surface area contributed by atoms with Crippen molar-refractivity contribution in [1.82, 2.24) is 8.96 Å². The zero-order chi connectivity index (χ0) is 10.9. The summed E-state index contributed by atoms with van der Waals surface area (Å²) in [4.78, 5) is 14.4. The molecule has 2 N–H and O–H groups in total. The molecule has 1 aromatic rings. The molecule has 0 amide bonds. The molecule has 0 fully saturated rings.